The summed E-state index contributed by atoms with van der Waals surface area (Å²) in [4.78, 5) is 21.7. The first-order chi connectivity index (χ1) is 9.15. The minimum Gasteiger partial charge on any atom is -0.402 e. The van der Waals surface area contributed by atoms with Crippen molar-refractivity contribution in [1.29, 1.82) is 0 Å². The molecule has 0 aliphatic heterocycles. The quantitative estimate of drug-likeness (QED) is 0.549. The van der Waals surface area contributed by atoms with Gasteiger partial charge in [0.2, 0.25) is 5.91 Å². The molecule has 0 spiro atoms. The van der Waals surface area contributed by atoms with Gasteiger partial charge in [0.05, 0.1) is 6.42 Å². The van der Waals surface area contributed by atoms with Gasteiger partial charge in [-0.2, -0.15) is 0 Å². The van der Waals surface area contributed by atoms with Crippen LogP contribution >= 0.6 is 0 Å². The monoisotopic (exact) mass is 263 g/mol. The summed E-state index contributed by atoms with van der Waals surface area (Å²) in [5, 5.41) is 2.73. The first-order valence-electron chi connectivity index (χ1n) is 6.02. The molecule has 0 atom stereocenters. The van der Waals surface area contributed by atoms with E-state index in [2.05, 4.69) is 11.1 Å². The molecule has 1 amide bonds. The highest BCUT2D eigenvalue weighted by Gasteiger charge is 2.04. The second-order valence-corrected chi connectivity index (χ2v) is 3.66. The highest BCUT2D eigenvalue weighted by molar-refractivity contribution is 5.92. The number of nitrogens with one attached hydrogen (secondary N) is 1. The minimum absolute atomic E-state index is 0.0229. The minimum atomic E-state index is -0.228. The number of carbonyl (C=O) groups is 2. The normalized spacial score (nSPS) is 10.2. The summed E-state index contributed by atoms with van der Waals surface area (Å²) in [6.07, 6.45) is 2.69. The fourth-order valence-corrected chi connectivity index (χ4v) is 1.41. The van der Waals surface area contributed by atoms with Crippen molar-refractivity contribution in [1.82, 2.24) is 0 Å². The lowest BCUT2D eigenvalue weighted by Gasteiger charge is -2.06. The van der Waals surface area contributed by atoms with E-state index in [-0.39, 0.29) is 18.0 Å². The number of anilines is 1. The third-order valence-corrected chi connectivity index (χ3v) is 2.27. The maximum atomic E-state index is 11.5. The van der Waals surface area contributed by atoms with Crippen LogP contribution < -0.4 is 16.8 Å². The second kappa shape index (κ2) is 9.85. The van der Waals surface area contributed by atoms with Crippen molar-refractivity contribution in [2.75, 3.05) is 12.4 Å². The summed E-state index contributed by atoms with van der Waals surface area (Å²) < 4.78 is 0. The molecule has 5 nitrogen and oxygen atoms in total. The standard InChI is InChI=1S/C13H16N2O2.CH5N/c1-2-10-4-3-5-12(8-10)15-13(17)9-11(14)6-7-16;1-2/h3-8H,2,9,14H2,1H3,(H,15,17);2H2,1H3/b11-6-;. The summed E-state index contributed by atoms with van der Waals surface area (Å²) in [6.45, 7) is 2.05. The number of hydrogen-bond acceptors (Lipinski definition) is 4. The summed E-state index contributed by atoms with van der Waals surface area (Å²) in [7, 11) is 1.50. The number of amides is 1. The molecule has 0 aliphatic carbocycles. The van der Waals surface area contributed by atoms with Gasteiger partial charge in [-0.25, -0.2) is 0 Å². The van der Waals surface area contributed by atoms with Gasteiger partial charge < -0.3 is 16.8 Å². The molecule has 0 aliphatic rings. The largest absolute Gasteiger partial charge is 0.402 e. The van der Waals surface area contributed by atoms with Gasteiger partial charge in [-0.05, 0) is 37.2 Å². The summed E-state index contributed by atoms with van der Waals surface area (Å²) in [6, 6.07) is 7.61. The van der Waals surface area contributed by atoms with Crippen molar-refractivity contribution in [3.63, 3.8) is 0 Å². The molecule has 5 N–H and O–H groups in total. The van der Waals surface area contributed by atoms with Gasteiger partial charge in [0.25, 0.3) is 0 Å². The number of hydrogen-bond donors (Lipinski definition) is 3. The van der Waals surface area contributed by atoms with Crippen molar-refractivity contribution in [3.05, 3.63) is 41.6 Å². The Morgan fingerprint density at radius 3 is 2.63 bits per heavy atom. The van der Waals surface area contributed by atoms with E-state index in [1.807, 2.05) is 31.2 Å². The number of benzene rings is 1. The predicted octanol–water partition coefficient (Wildman–Crippen LogP) is 1.19. The van der Waals surface area contributed by atoms with Gasteiger partial charge in [0.15, 0.2) is 0 Å². The molecule has 1 aromatic rings. The van der Waals surface area contributed by atoms with Gasteiger partial charge in [0, 0.05) is 11.4 Å². The zero-order chi connectivity index (χ0) is 14.7. The van der Waals surface area contributed by atoms with Gasteiger partial charge in [-0.15, -0.1) is 0 Å². The van der Waals surface area contributed by atoms with E-state index >= 15 is 0 Å². The van der Waals surface area contributed by atoms with Crippen LogP contribution in [0.3, 0.4) is 0 Å². The van der Waals surface area contributed by atoms with E-state index in [0.29, 0.717) is 6.29 Å². The van der Waals surface area contributed by atoms with Gasteiger partial charge >= 0.3 is 0 Å². The SMILES string of the molecule is CCc1cccc(NC(=O)C/C(N)=C/C=O)c1.CN. The Morgan fingerprint density at radius 2 is 2.05 bits per heavy atom. The predicted molar refractivity (Wildman–Crippen MR) is 77.5 cm³/mol. The Hall–Kier alpha value is -2.14. The Balaban J connectivity index is 0.00000154. The number of aldehydes is 1. The Labute approximate surface area is 113 Å². The molecule has 19 heavy (non-hydrogen) atoms. The van der Waals surface area contributed by atoms with Crippen LogP contribution in [0.25, 0.3) is 0 Å². The van der Waals surface area contributed by atoms with E-state index in [9.17, 15) is 9.59 Å². The van der Waals surface area contributed by atoms with Crippen molar-refractivity contribution in [3.8, 4) is 0 Å². The molecule has 0 saturated carbocycles. The average molecular weight is 263 g/mol. The molecule has 0 unspecified atom stereocenters. The van der Waals surface area contributed by atoms with E-state index in [4.69, 9.17) is 5.73 Å². The molecule has 5 heteroatoms. The zero-order valence-corrected chi connectivity index (χ0v) is 11.3. The second-order valence-electron chi connectivity index (χ2n) is 3.66. The lowest BCUT2D eigenvalue weighted by Crippen LogP contribution is -2.15. The van der Waals surface area contributed by atoms with E-state index < -0.39 is 0 Å². The van der Waals surface area contributed by atoms with Crippen LogP contribution in [-0.4, -0.2) is 19.2 Å². The molecule has 0 radical (unpaired) electrons. The van der Waals surface area contributed by atoms with E-state index in [1.165, 1.54) is 13.1 Å². The number of carbonyl (C=O) groups excluding carboxylic acids is 2. The molecule has 0 bridgehead atoms. The summed E-state index contributed by atoms with van der Waals surface area (Å²) in [5.74, 6) is -0.228. The Morgan fingerprint density at radius 1 is 1.37 bits per heavy atom. The fraction of sp³-hybridized carbons (Fsp3) is 0.286. The Kier molecular flexibility index (Phi) is 8.74. The van der Waals surface area contributed by atoms with E-state index in [0.717, 1.165) is 17.7 Å². The highest BCUT2D eigenvalue weighted by atomic mass is 16.1. The summed E-state index contributed by atoms with van der Waals surface area (Å²) in [5.41, 5.74) is 12.1. The molecule has 0 fully saturated rings. The van der Waals surface area contributed by atoms with Crippen LogP contribution in [0.15, 0.2) is 36.0 Å². The van der Waals surface area contributed by atoms with Crippen LogP contribution in [0.1, 0.15) is 18.9 Å². The van der Waals surface area contributed by atoms with Gasteiger partial charge in [-0.1, -0.05) is 19.1 Å². The maximum Gasteiger partial charge on any atom is 0.230 e. The van der Waals surface area contributed by atoms with Crippen LogP contribution in [-0.2, 0) is 16.0 Å². The topological polar surface area (TPSA) is 98.2 Å². The highest BCUT2D eigenvalue weighted by Crippen LogP contribution is 2.11. The molecule has 1 rings (SSSR count). The van der Waals surface area contributed by atoms with Gasteiger partial charge in [-0.3, -0.25) is 9.59 Å². The smallest absolute Gasteiger partial charge is 0.230 e. The third-order valence-electron chi connectivity index (χ3n) is 2.27. The van der Waals surface area contributed by atoms with Gasteiger partial charge in [0.1, 0.15) is 6.29 Å². The molecule has 104 valence electrons. The van der Waals surface area contributed by atoms with Crippen LogP contribution in [0.2, 0.25) is 0 Å². The Bertz CT molecular complexity index is 442. The summed E-state index contributed by atoms with van der Waals surface area (Å²) >= 11 is 0. The molecule has 0 aromatic heterocycles. The van der Waals surface area contributed by atoms with Crippen molar-refractivity contribution in [2.45, 2.75) is 19.8 Å². The third kappa shape index (κ3) is 7.00. The average Bonchev–Trinajstić information content (AvgIpc) is 2.41. The van der Waals surface area contributed by atoms with Crippen LogP contribution in [0, 0.1) is 0 Å². The molecular formula is C14H21N3O2. The van der Waals surface area contributed by atoms with Crippen molar-refractivity contribution in [2.24, 2.45) is 11.5 Å². The number of nitrogens with two attached hydrogens (primary N) is 2. The van der Waals surface area contributed by atoms with Crippen molar-refractivity contribution < 1.29 is 9.59 Å². The zero-order valence-electron chi connectivity index (χ0n) is 11.3. The maximum absolute atomic E-state index is 11.5. The molecule has 0 heterocycles. The molecule has 0 saturated heterocycles. The number of rotatable bonds is 5. The lowest BCUT2D eigenvalue weighted by molar-refractivity contribution is -0.115. The van der Waals surface area contributed by atoms with Crippen LogP contribution in [0.4, 0.5) is 5.69 Å². The molecular weight excluding hydrogens is 242 g/mol. The first-order valence-corrected chi connectivity index (χ1v) is 6.02. The lowest BCUT2D eigenvalue weighted by atomic mass is 10.1. The molecule has 1 aromatic carbocycles. The van der Waals surface area contributed by atoms with Crippen molar-refractivity contribution >= 4 is 17.9 Å². The number of allylic oxidation sites excluding steroid dienone is 1. The first kappa shape index (κ1) is 16.9. The number of aryl methyl sites for hydroxylation is 1. The van der Waals surface area contributed by atoms with Crippen LogP contribution in [0.5, 0.6) is 0 Å². The fourth-order valence-electron chi connectivity index (χ4n) is 1.41. The van der Waals surface area contributed by atoms with E-state index in [1.54, 1.807) is 0 Å².